The fourth-order valence-corrected chi connectivity index (χ4v) is 4.11. The van der Waals surface area contributed by atoms with Gasteiger partial charge in [0.2, 0.25) is 5.82 Å². The summed E-state index contributed by atoms with van der Waals surface area (Å²) in [6.45, 7) is 10.3. The van der Waals surface area contributed by atoms with Gasteiger partial charge in [0.05, 0.1) is 0 Å². The summed E-state index contributed by atoms with van der Waals surface area (Å²) in [6, 6.07) is 9.65. The molecule has 0 unspecified atom stereocenters. The Labute approximate surface area is 182 Å². The number of nitrogens with one attached hydrogen (secondary N) is 2. The number of nitrogens with zero attached hydrogens (tertiary/aromatic N) is 5. The van der Waals surface area contributed by atoms with E-state index in [-0.39, 0.29) is 11.4 Å². The number of pyridine rings is 1. The Morgan fingerprint density at radius 2 is 1.90 bits per heavy atom. The first-order chi connectivity index (χ1) is 14.8. The summed E-state index contributed by atoms with van der Waals surface area (Å²) in [5, 5.41) is 17.5. The number of hydrogen-bond donors (Lipinski definition) is 2. The molecule has 2 N–H and O–H groups in total. The van der Waals surface area contributed by atoms with Crippen LogP contribution in [0.5, 0.6) is 0 Å². The van der Waals surface area contributed by atoms with Gasteiger partial charge in [0.15, 0.2) is 0 Å². The molecule has 1 saturated heterocycles. The Bertz CT molecular complexity index is 1030. The van der Waals surface area contributed by atoms with Crippen LogP contribution in [0.2, 0.25) is 0 Å². The van der Waals surface area contributed by atoms with Gasteiger partial charge >= 0.3 is 6.03 Å². The SMILES string of the molecule is Cc1ccc(-c2ccc(NC(=O)N3CCC(C(C)(C)C)CC3)cc2-c2nn[nH]n2)cn1. The minimum absolute atomic E-state index is 0.0730. The monoisotopic (exact) mass is 419 g/mol. The van der Waals surface area contributed by atoms with Crippen molar-refractivity contribution >= 4 is 11.7 Å². The maximum Gasteiger partial charge on any atom is 0.321 e. The highest BCUT2D eigenvalue weighted by Gasteiger charge is 2.30. The van der Waals surface area contributed by atoms with Crippen LogP contribution < -0.4 is 5.32 Å². The third-order valence-electron chi connectivity index (χ3n) is 6.09. The Kier molecular flexibility index (Phi) is 5.71. The van der Waals surface area contributed by atoms with Crippen molar-refractivity contribution in [3.8, 4) is 22.5 Å². The highest BCUT2D eigenvalue weighted by atomic mass is 16.2. The van der Waals surface area contributed by atoms with Gasteiger partial charge in [-0.25, -0.2) is 4.79 Å². The van der Waals surface area contributed by atoms with Crippen LogP contribution in [0, 0.1) is 18.3 Å². The molecule has 1 aliphatic rings. The van der Waals surface area contributed by atoms with E-state index in [4.69, 9.17) is 0 Å². The number of rotatable bonds is 3. The van der Waals surface area contributed by atoms with Crippen LogP contribution in [0.4, 0.5) is 10.5 Å². The number of aromatic amines is 1. The smallest absolute Gasteiger partial charge is 0.321 e. The maximum absolute atomic E-state index is 12.9. The van der Waals surface area contributed by atoms with E-state index in [9.17, 15) is 4.79 Å². The molecular weight excluding hydrogens is 390 g/mol. The third-order valence-corrected chi connectivity index (χ3v) is 6.09. The van der Waals surface area contributed by atoms with Gasteiger partial charge in [0.25, 0.3) is 0 Å². The van der Waals surface area contributed by atoms with E-state index in [1.165, 1.54) is 0 Å². The number of tetrazole rings is 1. The summed E-state index contributed by atoms with van der Waals surface area (Å²) >= 11 is 0. The lowest BCUT2D eigenvalue weighted by molar-refractivity contribution is 0.128. The molecule has 1 fully saturated rings. The van der Waals surface area contributed by atoms with Crippen LogP contribution in [-0.2, 0) is 0 Å². The number of urea groups is 1. The van der Waals surface area contributed by atoms with Gasteiger partial charge in [-0.1, -0.05) is 32.9 Å². The summed E-state index contributed by atoms with van der Waals surface area (Å²) < 4.78 is 0. The molecular formula is C23H29N7O. The third kappa shape index (κ3) is 4.73. The average Bonchev–Trinajstić information content (AvgIpc) is 3.29. The number of carbonyl (C=O) groups is 1. The predicted molar refractivity (Wildman–Crippen MR) is 120 cm³/mol. The van der Waals surface area contributed by atoms with E-state index in [0.29, 0.717) is 17.4 Å². The summed E-state index contributed by atoms with van der Waals surface area (Å²) in [4.78, 5) is 19.2. The van der Waals surface area contributed by atoms with Crippen molar-refractivity contribution in [2.24, 2.45) is 11.3 Å². The van der Waals surface area contributed by atoms with Gasteiger partial charge < -0.3 is 10.2 Å². The predicted octanol–water partition coefficient (Wildman–Crippen LogP) is 4.53. The molecule has 0 bridgehead atoms. The molecule has 0 saturated carbocycles. The van der Waals surface area contributed by atoms with Gasteiger partial charge in [-0.2, -0.15) is 5.21 Å². The molecule has 0 atom stereocenters. The van der Waals surface area contributed by atoms with Crippen LogP contribution in [0.25, 0.3) is 22.5 Å². The number of amides is 2. The lowest BCUT2D eigenvalue weighted by atomic mass is 9.75. The molecule has 8 nitrogen and oxygen atoms in total. The van der Waals surface area contributed by atoms with E-state index in [1.54, 1.807) is 0 Å². The lowest BCUT2D eigenvalue weighted by Crippen LogP contribution is -2.43. The van der Waals surface area contributed by atoms with Crippen LogP contribution in [0.15, 0.2) is 36.5 Å². The van der Waals surface area contributed by atoms with Gasteiger partial charge in [0.1, 0.15) is 0 Å². The molecule has 3 aromatic rings. The van der Waals surface area contributed by atoms with Crippen molar-refractivity contribution in [1.82, 2.24) is 30.5 Å². The summed E-state index contributed by atoms with van der Waals surface area (Å²) in [5.74, 6) is 1.11. The van der Waals surface area contributed by atoms with Gasteiger partial charge in [0, 0.05) is 41.8 Å². The fourth-order valence-electron chi connectivity index (χ4n) is 4.11. The molecule has 1 aliphatic heterocycles. The molecule has 3 heterocycles. The molecule has 8 heteroatoms. The van der Waals surface area contributed by atoms with Gasteiger partial charge in [-0.3, -0.25) is 4.98 Å². The number of piperidine rings is 1. The Balaban J connectivity index is 1.54. The largest absolute Gasteiger partial charge is 0.325 e. The van der Waals surface area contributed by atoms with E-state index in [1.807, 2.05) is 48.4 Å². The van der Waals surface area contributed by atoms with Crippen LogP contribution >= 0.6 is 0 Å². The highest BCUT2D eigenvalue weighted by molar-refractivity contribution is 5.92. The first kappa shape index (κ1) is 21.0. The molecule has 2 amide bonds. The summed E-state index contributed by atoms with van der Waals surface area (Å²) in [5.41, 5.74) is 4.59. The number of hydrogen-bond acceptors (Lipinski definition) is 5. The zero-order valence-electron chi connectivity index (χ0n) is 18.5. The average molecular weight is 420 g/mol. The molecule has 4 rings (SSSR count). The Hall–Kier alpha value is -3.29. The fraction of sp³-hybridized carbons (Fsp3) is 0.435. The molecule has 31 heavy (non-hydrogen) atoms. The number of benzene rings is 1. The minimum Gasteiger partial charge on any atom is -0.325 e. The minimum atomic E-state index is -0.0730. The van der Waals surface area contributed by atoms with Crippen molar-refractivity contribution in [1.29, 1.82) is 0 Å². The number of aryl methyl sites for hydroxylation is 1. The summed E-state index contributed by atoms with van der Waals surface area (Å²) in [6.07, 6.45) is 3.89. The first-order valence-electron chi connectivity index (χ1n) is 10.7. The van der Waals surface area contributed by atoms with E-state index in [0.717, 1.165) is 48.3 Å². The zero-order valence-corrected chi connectivity index (χ0v) is 18.5. The lowest BCUT2D eigenvalue weighted by Gasteiger charge is -2.38. The van der Waals surface area contributed by atoms with Crippen molar-refractivity contribution in [3.63, 3.8) is 0 Å². The summed E-state index contributed by atoms with van der Waals surface area (Å²) in [7, 11) is 0. The number of likely N-dealkylation sites (tertiary alicyclic amines) is 1. The van der Waals surface area contributed by atoms with Crippen LogP contribution in [0.1, 0.15) is 39.3 Å². The van der Waals surface area contributed by atoms with E-state index < -0.39 is 0 Å². The molecule has 0 radical (unpaired) electrons. The highest BCUT2D eigenvalue weighted by Crippen LogP contribution is 2.35. The Morgan fingerprint density at radius 3 is 2.52 bits per heavy atom. The van der Waals surface area contributed by atoms with Crippen molar-refractivity contribution in [2.75, 3.05) is 18.4 Å². The van der Waals surface area contributed by atoms with E-state index in [2.05, 4.69) is 51.7 Å². The van der Waals surface area contributed by atoms with E-state index >= 15 is 0 Å². The maximum atomic E-state index is 12.9. The second-order valence-corrected chi connectivity index (χ2v) is 9.24. The molecule has 2 aromatic heterocycles. The normalized spacial score (nSPS) is 15.2. The first-order valence-corrected chi connectivity index (χ1v) is 10.7. The Morgan fingerprint density at radius 1 is 1.13 bits per heavy atom. The molecule has 1 aromatic carbocycles. The van der Waals surface area contributed by atoms with Crippen LogP contribution in [0.3, 0.4) is 0 Å². The van der Waals surface area contributed by atoms with Crippen molar-refractivity contribution in [3.05, 3.63) is 42.2 Å². The van der Waals surface area contributed by atoms with Crippen LogP contribution in [-0.4, -0.2) is 49.6 Å². The standard InChI is InChI=1S/C23H29N7O/c1-15-5-6-16(14-24-15)19-8-7-18(13-20(19)21-26-28-29-27-21)25-22(31)30-11-9-17(10-12-30)23(2,3)4/h5-8,13-14,17H,9-12H2,1-4H3,(H,25,31)(H,26,27,28,29). The zero-order chi connectivity index (χ0) is 22.0. The number of aromatic nitrogens is 5. The molecule has 0 aliphatic carbocycles. The van der Waals surface area contributed by atoms with Gasteiger partial charge in [-0.05, 0) is 60.1 Å². The second-order valence-electron chi connectivity index (χ2n) is 9.24. The number of anilines is 1. The van der Waals surface area contributed by atoms with Crippen molar-refractivity contribution in [2.45, 2.75) is 40.5 Å². The van der Waals surface area contributed by atoms with Gasteiger partial charge in [-0.15, -0.1) is 10.2 Å². The molecule has 0 spiro atoms. The van der Waals surface area contributed by atoms with Crippen molar-refractivity contribution < 1.29 is 4.79 Å². The topological polar surface area (TPSA) is 99.7 Å². The second kappa shape index (κ2) is 8.45. The molecule has 162 valence electrons. The quantitative estimate of drug-likeness (QED) is 0.650. The number of H-pyrrole nitrogens is 1. The number of carbonyl (C=O) groups excluding carboxylic acids is 1.